The van der Waals surface area contributed by atoms with Crippen LogP contribution >= 0.6 is 23.2 Å². The monoisotopic (exact) mass is 275 g/mol. The Morgan fingerprint density at radius 3 is 2.65 bits per heavy atom. The first-order valence-corrected chi connectivity index (χ1v) is 6.11. The summed E-state index contributed by atoms with van der Waals surface area (Å²) >= 11 is 11.6. The molecule has 0 radical (unpaired) electrons. The Morgan fingerprint density at radius 1 is 1.35 bits per heavy atom. The zero-order valence-corrected chi connectivity index (χ0v) is 11.3. The van der Waals surface area contributed by atoms with Crippen molar-refractivity contribution in [2.24, 2.45) is 0 Å². The molecule has 0 spiro atoms. The summed E-state index contributed by atoms with van der Waals surface area (Å²) in [6, 6.07) is 4.78. The van der Waals surface area contributed by atoms with Crippen molar-refractivity contribution >= 4 is 29.1 Å². The van der Waals surface area contributed by atoms with Crippen molar-refractivity contribution in [1.29, 1.82) is 0 Å². The molecule has 1 amide bonds. The van der Waals surface area contributed by atoms with Crippen LogP contribution in [0, 0.1) is 0 Å². The van der Waals surface area contributed by atoms with Gasteiger partial charge in [-0.2, -0.15) is 0 Å². The predicted molar refractivity (Wildman–Crippen MR) is 69.9 cm³/mol. The summed E-state index contributed by atoms with van der Waals surface area (Å²) in [6.45, 7) is 4.85. The summed E-state index contributed by atoms with van der Waals surface area (Å²) in [5, 5.41) is 3.54. The second-order valence-electron chi connectivity index (χ2n) is 3.80. The van der Waals surface area contributed by atoms with Gasteiger partial charge in [0.15, 0.2) is 0 Å². The van der Waals surface area contributed by atoms with E-state index in [1.165, 1.54) is 0 Å². The number of carbonyl (C=O) groups is 1. The fourth-order valence-electron chi connectivity index (χ4n) is 1.20. The molecule has 1 rings (SSSR count). The predicted octanol–water partition coefficient (Wildman–Crippen LogP) is 3.15. The Balaban J connectivity index is 2.44. The van der Waals surface area contributed by atoms with Crippen molar-refractivity contribution < 1.29 is 9.53 Å². The quantitative estimate of drug-likeness (QED) is 0.839. The number of carbonyl (C=O) groups excluding carboxylic acids is 1. The van der Waals surface area contributed by atoms with Crippen LogP contribution in [0.5, 0.6) is 0 Å². The minimum atomic E-state index is -0.184. The van der Waals surface area contributed by atoms with Crippen molar-refractivity contribution in [2.45, 2.75) is 20.0 Å². The third-order valence-corrected chi connectivity index (χ3v) is 2.76. The van der Waals surface area contributed by atoms with Crippen LogP contribution < -0.4 is 5.32 Å². The molecule has 0 aliphatic carbocycles. The van der Waals surface area contributed by atoms with E-state index < -0.39 is 0 Å². The number of hydrogen-bond acceptors (Lipinski definition) is 2. The van der Waals surface area contributed by atoms with Crippen LogP contribution in [0.1, 0.15) is 24.2 Å². The Kier molecular flexibility index (Phi) is 5.75. The highest BCUT2D eigenvalue weighted by Crippen LogP contribution is 2.22. The SMILES string of the molecule is CC(C)OCCNC(=O)c1ccc(Cl)c(Cl)c1. The maximum absolute atomic E-state index is 11.7. The van der Waals surface area contributed by atoms with Crippen molar-refractivity contribution in [2.75, 3.05) is 13.2 Å². The fourth-order valence-corrected chi connectivity index (χ4v) is 1.50. The van der Waals surface area contributed by atoms with Crippen molar-refractivity contribution in [3.63, 3.8) is 0 Å². The first-order valence-electron chi connectivity index (χ1n) is 5.35. The summed E-state index contributed by atoms with van der Waals surface area (Å²) in [5.74, 6) is -0.184. The Labute approximate surface area is 111 Å². The molecule has 5 heteroatoms. The molecule has 94 valence electrons. The standard InChI is InChI=1S/C12H15Cl2NO2/c1-8(2)17-6-5-15-12(16)9-3-4-10(13)11(14)7-9/h3-4,7-8H,5-6H2,1-2H3,(H,15,16). The van der Waals surface area contributed by atoms with Gasteiger partial charge in [0.1, 0.15) is 0 Å². The van der Waals surface area contributed by atoms with E-state index in [0.29, 0.717) is 28.8 Å². The number of amides is 1. The molecule has 0 atom stereocenters. The molecule has 1 N–H and O–H groups in total. The van der Waals surface area contributed by atoms with Crippen LogP contribution in [-0.4, -0.2) is 25.2 Å². The number of nitrogens with one attached hydrogen (secondary N) is 1. The van der Waals surface area contributed by atoms with E-state index >= 15 is 0 Å². The van der Waals surface area contributed by atoms with Crippen molar-refractivity contribution in [3.05, 3.63) is 33.8 Å². The first-order chi connectivity index (χ1) is 8.00. The Bertz CT molecular complexity index is 394. The highest BCUT2D eigenvalue weighted by atomic mass is 35.5. The zero-order chi connectivity index (χ0) is 12.8. The fraction of sp³-hybridized carbons (Fsp3) is 0.417. The second kappa shape index (κ2) is 6.84. The second-order valence-corrected chi connectivity index (χ2v) is 4.62. The van der Waals surface area contributed by atoms with Gasteiger partial charge in [-0.1, -0.05) is 23.2 Å². The molecule has 0 aliphatic rings. The van der Waals surface area contributed by atoms with Gasteiger partial charge in [-0.15, -0.1) is 0 Å². The van der Waals surface area contributed by atoms with Gasteiger partial charge in [0.05, 0.1) is 22.8 Å². The van der Waals surface area contributed by atoms with E-state index in [9.17, 15) is 4.79 Å². The number of hydrogen-bond donors (Lipinski definition) is 1. The lowest BCUT2D eigenvalue weighted by Gasteiger charge is -2.09. The highest BCUT2D eigenvalue weighted by Gasteiger charge is 2.07. The van der Waals surface area contributed by atoms with E-state index in [2.05, 4.69) is 5.32 Å². The van der Waals surface area contributed by atoms with Gasteiger partial charge >= 0.3 is 0 Å². The molecular formula is C12H15Cl2NO2. The summed E-state index contributed by atoms with van der Waals surface area (Å²) in [4.78, 5) is 11.7. The average Bonchev–Trinajstić information content (AvgIpc) is 2.27. The Hall–Kier alpha value is -0.770. The maximum Gasteiger partial charge on any atom is 0.251 e. The molecule has 3 nitrogen and oxygen atoms in total. The highest BCUT2D eigenvalue weighted by molar-refractivity contribution is 6.42. The number of halogens is 2. The molecule has 1 aromatic carbocycles. The van der Waals surface area contributed by atoms with Gasteiger partial charge in [0.25, 0.3) is 5.91 Å². The lowest BCUT2D eigenvalue weighted by Crippen LogP contribution is -2.28. The van der Waals surface area contributed by atoms with E-state index in [1.807, 2.05) is 13.8 Å². The molecule has 0 saturated carbocycles. The lowest BCUT2D eigenvalue weighted by atomic mass is 10.2. The molecule has 0 aliphatic heterocycles. The normalized spacial score (nSPS) is 10.6. The average molecular weight is 276 g/mol. The van der Waals surface area contributed by atoms with E-state index in [1.54, 1.807) is 18.2 Å². The molecular weight excluding hydrogens is 261 g/mol. The summed E-state index contributed by atoms with van der Waals surface area (Å²) in [5.41, 5.74) is 0.490. The van der Waals surface area contributed by atoms with Gasteiger partial charge in [-0.05, 0) is 32.0 Å². The molecule has 0 fully saturated rings. The van der Waals surface area contributed by atoms with Crippen LogP contribution in [0.3, 0.4) is 0 Å². The first kappa shape index (κ1) is 14.3. The van der Waals surface area contributed by atoms with Crippen LogP contribution in [0.25, 0.3) is 0 Å². The van der Waals surface area contributed by atoms with E-state index in [4.69, 9.17) is 27.9 Å². The largest absolute Gasteiger partial charge is 0.377 e. The maximum atomic E-state index is 11.7. The molecule has 0 aromatic heterocycles. The van der Waals surface area contributed by atoms with Gasteiger partial charge < -0.3 is 10.1 Å². The minimum Gasteiger partial charge on any atom is -0.377 e. The van der Waals surface area contributed by atoms with Gasteiger partial charge in [-0.3, -0.25) is 4.79 Å². The summed E-state index contributed by atoms with van der Waals surface area (Å²) in [6.07, 6.45) is 0.164. The molecule has 0 heterocycles. The number of benzene rings is 1. The topological polar surface area (TPSA) is 38.3 Å². The molecule has 0 saturated heterocycles. The van der Waals surface area contributed by atoms with Crippen LogP contribution in [-0.2, 0) is 4.74 Å². The molecule has 0 bridgehead atoms. The zero-order valence-electron chi connectivity index (χ0n) is 9.80. The van der Waals surface area contributed by atoms with E-state index in [0.717, 1.165) is 0 Å². The Morgan fingerprint density at radius 2 is 2.06 bits per heavy atom. The minimum absolute atomic E-state index is 0.164. The summed E-state index contributed by atoms with van der Waals surface area (Å²) in [7, 11) is 0. The number of rotatable bonds is 5. The lowest BCUT2D eigenvalue weighted by molar-refractivity contribution is 0.0746. The molecule has 17 heavy (non-hydrogen) atoms. The van der Waals surface area contributed by atoms with Crippen LogP contribution in [0.2, 0.25) is 10.0 Å². The third kappa shape index (κ3) is 4.94. The van der Waals surface area contributed by atoms with E-state index in [-0.39, 0.29) is 12.0 Å². The smallest absolute Gasteiger partial charge is 0.251 e. The van der Waals surface area contributed by atoms with Gasteiger partial charge in [0.2, 0.25) is 0 Å². The van der Waals surface area contributed by atoms with Gasteiger partial charge in [-0.25, -0.2) is 0 Å². The van der Waals surface area contributed by atoms with Crippen LogP contribution in [0.15, 0.2) is 18.2 Å². The van der Waals surface area contributed by atoms with Crippen molar-refractivity contribution in [1.82, 2.24) is 5.32 Å². The molecule has 0 unspecified atom stereocenters. The van der Waals surface area contributed by atoms with Crippen molar-refractivity contribution in [3.8, 4) is 0 Å². The summed E-state index contributed by atoms with van der Waals surface area (Å²) < 4.78 is 5.31. The van der Waals surface area contributed by atoms with Gasteiger partial charge in [0, 0.05) is 12.1 Å². The van der Waals surface area contributed by atoms with Crippen LogP contribution in [0.4, 0.5) is 0 Å². The molecule has 1 aromatic rings. The third-order valence-electron chi connectivity index (χ3n) is 2.02. The number of ether oxygens (including phenoxy) is 1.